The number of benzene rings is 1. The van der Waals surface area contributed by atoms with Gasteiger partial charge in [-0.25, -0.2) is 5.01 Å². The fourth-order valence-corrected chi connectivity index (χ4v) is 2.98. The Morgan fingerprint density at radius 3 is 2.50 bits per heavy atom. The molecule has 2 aliphatic heterocycles. The van der Waals surface area contributed by atoms with Gasteiger partial charge < -0.3 is 14.2 Å². The van der Waals surface area contributed by atoms with E-state index in [-0.39, 0.29) is 0 Å². The van der Waals surface area contributed by atoms with Gasteiger partial charge in [-0.3, -0.25) is 5.43 Å². The molecule has 0 unspecified atom stereocenters. The Morgan fingerprint density at radius 2 is 1.80 bits per heavy atom. The first-order valence-corrected chi connectivity index (χ1v) is 8.12. The highest BCUT2D eigenvalue weighted by Gasteiger charge is 2.16. The summed E-state index contributed by atoms with van der Waals surface area (Å²) in [6, 6.07) is 4.17. The maximum Gasteiger partial charge on any atom is 0.162 e. The first-order chi connectivity index (χ1) is 9.86. The lowest BCUT2D eigenvalue weighted by atomic mass is 10.2. The molecule has 0 saturated carbocycles. The van der Waals surface area contributed by atoms with E-state index in [0.717, 1.165) is 44.3 Å². The van der Waals surface area contributed by atoms with Gasteiger partial charge in [0.25, 0.3) is 0 Å². The van der Waals surface area contributed by atoms with Crippen LogP contribution in [0.1, 0.15) is 5.56 Å². The summed E-state index contributed by atoms with van der Waals surface area (Å²) >= 11 is 1.74. The molecule has 6 heteroatoms. The molecule has 2 heterocycles. The fourth-order valence-electron chi connectivity index (χ4n) is 2.36. The minimum atomic E-state index is 0.627. The maximum absolute atomic E-state index is 5.66. The molecule has 1 saturated heterocycles. The number of fused-ring (bicyclic) bond motifs is 1. The standard InChI is InChI=1S/C14H20N2O3S/c1-20-14-9-13-12(18-6-7-19-13)8-11(14)10-15-16-2-4-17-5-3-16/h8-9,15H,2-7,10H2,1H3. The predicted octanol–water partition coefficient (Wildman–Crippen LogP) is 1.52. The molecular formula is C14H20N2O3S. The number of hydrogen-bond donors (Lipinski definition) is 1. The van der Waals surface area contributed by atoms with E-state index in [1.165, 1.54) is 10.5 Å². The Hall–Kier alpha value is -0.950. The van der Waals surface area contributed by atoms with Crippen LogP contribution in [0.4, 0.5) is 0 Å². The van der Waals surface area contributed by atoms with Crippen LogP contribution in [-0.2, 0) is 11.3 Å². The molecule has 1 N–H and O–H groups in total. The number of rotatable bonds is 4. The average molecular weight is 296 g/mol. The van der Waals surface area contributed by atoms with Crippen LogP contribution in [0.5, 0.6) is 11.5 Å². The van der Waals surface area contributed by atoms with Gasteiger partial charge in [-0.1, -0.05) is 0 Å². The van der Waals surface area contributed by atoms with Crippen molar-refractivity contribution < 1.29 is 14.2 Å². The molecule has 20 heavy (non-hydrogen) atoms. The van der Waals surface area contributed by atoms with E-state index in [4.69, 9.17) is 14.2 Å². The summed E-state index contributed by atoms with van der Waals surface area (Å²) in [5.74, 6) is 1.71. The molecule has 0 amide bonds. The Labute approximate surface area is 123 Å². The van der Waals surface area contributed by atoms with Crippen LogP contribution in [0.2, 0.25) is 0 Å². The van der Waals surface area contributed by atoms with Crippen molar-refractivity contribution in [2.75, 3.05) is 45.8 Å². The number of hydrogen-bond acceptors (Lipinski definition) is 6. The smallest absolute Gasteiger partial charge is 0.162 e. The van der Waals surface area contributed by atoms with Crippen molar-refractivity contribution in [3.8, 4) is 11.5 Å². The lowest BCUT2D eigenvalue weighted by Crippen LogP contribution is -2.45. The predicted molar refractivity (Wildman–Crippen MR) is 78.4 cm³/mol. The molecule has 0 atom stereocenters. The SMILES string of the molecule is CSc1cc2c(cc1CNN1CCOCC1)OCCO2. The van der Waals surface area contributed by atoms with Crippen molar-refractivity contribution in [1.82, 2.24) is 10.4 Å². The molecule has 0 aromatic heterocycles. The summed E-state index contributed by atoms with van der Waals surface area (Å²) in [5, 5.41) is 2.21. The van der Waals surface area contributed by atoms with Crippen molar-refractivity contribution in [2.24, 2.45) is 0 Å². The molecule has 0 aliphatic carbocycles. The Kier molecular flexibility index (Phi) is 4.67. The highest BCUT2D eigenvalue weighted by atomic mass is 32.2. The van der Waals surface area contributed by atoms with Gasteiger partial charge in [0.05, 0.1) is 13.2 Å². The summed E-state index contributed by atoms with van der Waals surface area (Å²) in [5.41, 5.74) is 4.71. The first-order valence-electron chi connectivity index (χ1n) is 6.89. The van der Waals surface area contributed by atoms with Crippen LogP contribution in [-0.4, -0.2) is 50.8 Å². The van der Waals surface area contributed by atoms with Gasteiger partial charge in [-0.15, -0.1) is 11.8 Å². The zero-order valence-corrected chi connectivity index (χ0v) is 12.5. The maximum atomic E-state index is 5.66. The molecular weight excluding hydrogens is 276 g/mol. The van der Waals surface area contributed by atoms with Crippen LogP contribution in [0.3, 0.4) is 0 Å². The zero-order chi connectivity index (χ0) is 13.8. The van der Waals surface area contributed by atoms with Crippen LogP contribution in [0, 0.1) is 0 Å². The van der Waals surface area contributed by atoms with E-state index in [0.29, 0.717) is 13.2 Å². The molecule has 1 fully saturated rings. The Bertz CT molecular complexity index is 464. The topological polar surface area (TPSA) is 43.0 Å². The van der Waals surface area contributed by atoms with Gasteiger partial charge in [0, 0.05) is 24.5 Å². The normalized spacial score (nSPS) is 19.1. The third-order valence-corrected chi connectivity index (χ3v) is 4.27. The lowest BCUT2D eigenvalue weighted by Gasteiger charge is -2.28. The van der Waals surface area contributed by atoms with Gasteiger partial charge in [0.15, 0.2) is 11.5 Å². The molecule has 3 rings (SSSR count). The summed E-state index contributed by atoms with van der Waals surface area (Å²) < 4.78 is 16.6. The number of nitrogens with one attached hydrogen (secondary N) is 1. The second-order valence-corrected chi connectivity index (χ2v) is 5.59. The third kappa shape index (κ3) is 3.20. The molecule has 2 aliphatic rings. The fraction of sp³-hybridized carbons (Fsp3) is 0.571. The van der Waals surface area contributed by atoms with Crippen LogP contribution >= 0.6 is 11.8 Å². The number of ether oxygens (including phenoxy) is 3. The van der Waals surface area contributed by atoms with E-state index in [9.17, 15) is 0 Å². The van der Waals surface area contributed by atoms with Crippen molar-refractivity contribution in [1.29, 1.82) is 0 Å². The second kappa shape index (κ2) is 6.67. The molecule has 1 aromatic carbocycles. The molecule has 0 radical (unpaired) electrons. The van der Waals surface area contributed by atoms with Crippen LogP contribution in [0.15, 0.2) is 17.0 Å². The lowest BCUT2D eigenvalue weighted by molar-refractivity contribution is 0.0104. The highest BCUT2D eigenvalue weighted by molar-refractivity contribution is 7.98. The van der Waals surface area contributed by atoms with Gasteiger partial charge >= 0.3 is 0 Å². The summed E-state index contributed by atoms with van der Waals surface area (Å²) in [4.78, 5) is 1.23. The number of morpholine rings is 1. The second-order valence-electron chi connectivity index (χ2n) is 4.74. The summed E-state index contributed by atoms with van der Waals surface area (Å²) in [6.45, 7) is 5.51. The largest absolute Gasteiger partial charge is 0.486 e. The highest BCUT2D eigenvalue weighted by Crippen LogP contribution is 2.36. The molecule has 0 spiro atoms. The average Bonchev–Trinajstić information content (AvgIpc) is 2.53. The number of thioether (sulfide) groups is 1. The third-order valence-electron chi connectivity index (χ3n) is 3.45. The number of nitrogens with zero attached hydrogens (tertiary/aromatic N) is 1. The van der Waals surface area contributed by atoms with Crippen molar-refractivity contribution in [3.63, 3.8) is 0 Å². The minimum absolute atomic E-state index is 0.627. The monoisotopic (exact) mass is 296 g/mol. The van der Waals surface area contributed by atoms with Crippen LogP contribution in [0.25, 0.3) is 0 Å². The molecule has 110 valence electrons. The quantitative estimate of drug-likeness (QED) is 0.850. The van der Waals surface area contributed by atoms with Gasteiger partial charge in [0.2, 0.25) is 0 Å². The Balaban J connectivity index is 1.70. The van der Waals surface area contributed by atoms with Crippen molar-refractivity contribution in [3.05, 3.63) is 17.7 Å². The van der Waals surface area contributed by atoms with E-state index in [1.54, 1.807) is 11.8 Å². The van der Waals surface area contributed by atoms with E-state index >= 15 is 0 Å². The first kappa shape index (κ1) is 14.0. The molecule has 5 nitrogen and oxygen atoms in total. The van der Waals surface area contributed by atoms with Crippen molar-refractivity contribution in [2.45, 2.75) is 11.4 Å². The van der Waals surface area contributed by atoms with Gasteiger partial charge in [-0.2, -0.15) is 0 Å². The van der Waals surface area contributed by atoms with E-state index in [1.807, 2.05) is 0 Å². The summed E-state index contributed by atoms with van der Waals surface area (Å²) in [6.07, 6.45) is 2.09. The number of hydrazine groups is 1. The zero-order valence-electron chi connectivity index (χ0n) is 11.7. The minimum Gasteiger partial charge on any atom is -0.486 e. The van der Waals surface area contributed by atoms with E-state index in [2.05, 4.69) is 28.8 Å². The van der Waals surface area contributed by atoms with Crippen LogP contribution < -0.4 is 14.9 Å². The van der Waals surface area contributed by atoms with Gasteiger partial charge in [-0.05, 0) is 24.0 Å². The molecule has 0 bridgehead atoms. The van der Waals surface area contributed by atoms with Gasteiger partial charge in [0.1, 0.15) is 13.2 Å². The summed E-state index contributed by atoms with van der Waals surface area (Å²) in [7, 11) is 0. The van der Waals surface area contributed by atoms with Crippen molar-refractivity contribution >= 4 is 11.8 Å². The van der Waals surface area contributed by atoms with E-state index < -0.39 is 0 Å². The Morgan fingerprint density at radius 1 is 1.10 bits per heavy atom. The molecule has 1 aromatic rings.